The largest absolute Gasteiger partial charge is 0.494 e. The maximum atomic E-state index is 15.0. The van der Waals surface area contributed by atoms with Gasteiger partial charge in [0.05, 0.1) is 19.8 Å². The first-order valence-corrected chi connectivity index (χ1v) is 11.3. The van der Waals surface area contributed by atoms with Gasteiger partial charge in [0.25, 0.3) is 0 Å². The quantitative estimate of drug-likeness (QED) is 0.259. The fourth-order valence-electron chi connectivity index (χ4n) is 4.43. The van der Waals surface area contributed by atoms with E-state index < -0.39 is 23.3 Å². The van der Waals surface area contributed by atoms with E-state index in [9.17, 15) is 13.2 Å². The Balaban J connectivity index is 1.54. The number of hydrogen-bond acceptors (Lipinski definition) is 2. The number of rotatable bonds is 7. The Morgan fingerprint density at radius 1 is 0.853 bits per heavy atom. The van der Waals surface area contributed by atoms with Crippen LogP contribution in [0.25, 0.3) is 22.3 Å². The van der Waals surface area contributed by atoms with E-state index in [0.29, 0.717) is 23.3 Å². The van der Waals surface area contributed by atoms with Gasteiger partial charge in [-0.05, 0) is 54.5 Å². The number of methoxy groups -OCH3 is 1. The van der Waals surface area contributed by atoms with Crippen LogP contribution in [0.5, 0.6) is 5.75 Å². The molecule has 0 aliphatic carbocycles. The molecule has 0 amide bonds. The lowest BCUT2D eigenvalue weighted by molar-refractivity contribution is -0.000881. The first-order chi connectivity index (χ1) is 16.4. The summed E-state index contributed by atoms with van der Waals surface area (Å²) in [7, 11) is 1.26. The van der Waals surface area contributed by atoms with Crippen LogP contribution < -0.4 is 4.74 Å². The third kappa shape index (κ3) is 4.73. The predicted octanol–water partition coefficient (Wildman–Crippen LogP) is 7.81. The van der Waals surface area contributed by atoms with Crippen molar-refractivity contribution >= 4 is 0 Å². The van der Waals surface area contributed by atoms with Gasteiger partial charge in [-0.2, -0.15) is 4.39 Å². The minimum atomic E-state index is -1.08. The summed E-state index contributed by atoms with van der Waals surface area (Å²) in [6, 6.07) is 12.1. The number of halogens is 4. The zero-order valence-electron chi connectivity index (χ0n) is 18.9. The molecule has 4 rings (SSSR count). The van der Waals surface area contributed by atoms with Crippen molar-refractivity contribution in [1.29, 1.82) is 0 Å². The lowest BCUT2D eigenvalue weighted by atomic mass is 9.88. The van der Waals surface area contributed by atoms with Crippen molar-refractivity contribution in [3.63, 3.8) is 0 Å². The van der Waals surface area contributed by atoms with E-state index in [-0.39, 0.29) is 28.9 Å². The third-order valence-corrected chi connectivity index (χ3v) is 6.39. The first-order valence-electron chi connectivity index (χ1n) is 11.3. The number of ether oxygens (including phenoxy) is 2. The average Bonchev–Trinajstić information content (AvgIpc) is 2.87. The van der Waals surface area contributed by atoms with E-state index >= 15 is 4.39 Å². The summed E-state index contributed by atoms with van der Waals surface area (Å²) < 4.78 is 69.1. The van der Waals surface area contributed by atoms with E-state index in [1.807, 2.05) is 6.08 Å². The molecule has 2 unspecified atom stereocenters. The number of allylic oxidation sites excluding steroid dienone is 1. The van der Waals surface area contributed by atoms with E-state index in [4.69, 9.17) is 9.47 Å². The molecule has 34 heavy (non-hydrogen) atoms. The van der Waals surface area contributed by atoms with Crippen LogP contribution >= 0.6 is 0 Å². The Morgan fingerprint density at radius 3 is 2.03 bits per heavy atom. The summed E-state index contributed by atoms with van der Waals surface area (Å²) >= 11 is 0. The smallest absolute Gasteiger partial charge is 0.201 e. The molecule has 0 saturated carbocycles. The minimum absolute atomic E-state index is 0.0514. The standard InChI is InChI=1S/C28H26F4O2/c1-3-4-5-20-11-10-19(16-34-20)23-13-12-21(25(29)26(23)30)17-6-8-18(9-7-17)22-14-15-24(33-2)28(32)27(22)31/h3,6-9,12-15,19-20H,1,4-5,10-11,16H2,2H3. The van der Waals surface area contributed by atoms with Gasteiger partial charge in [-0.1, -0.05) is 42.5 Å². The van der Waals surface area contributed by atoms with E-state index in [0.717, 1.165) is 25.7 Å². The van der Waals surface area contributed by atoms with Gasteiger partial charge >= 0.3 is 0 Å². The highest BCUT2D eigenvalue weighted by molar-refractivity contribution is 5.71. The van der Waals surface area contributed by atoms with Crippen LogP contribution in [0.15, 0.2) is 61.2 Å². The Morgan fingerprint density at radius 2 is 1.47 bits per heavy atom. The Hall–Kier alpha value is -3.12. The summed E-state index contributed by atoms with van der Waals surface area (Å²) in [4.78, 5) is 0. The minimum Gasteiger partial charge on any atom is -0.494 e. The Bertz CT molecular complexity index is 1170. The van der Waals surface area contributed by atoms with Gasteiger partial charge in [-0.3, -0.25) is 0 Å². The van der Waals surface area contributed by atoms with Gasteiger partial charge in [0.15, 0.2) is 23.2 Å². The zero-order valence-corrected chi connectivity index (χ0v) is 18.9. The highest BCUT2D eigenvalue weighted by Crippen LogP contribution is 2.36. The summed E-state index contributed by atoms with van der Waals surface area (Å²) in [6.45, 7) is 4.07. The molecule has 2 nitrogen and oxygen atoms in total. The maximum Gasteiger partial charge on any atom is 0.201 e. The summed E-state index contributed by atoms with van der Waals surface area (Å²) in [5, 5.41) is 0. The normalized spacial score (nSPS) is 18.0. The molecule has 0 bridgehead atoms. The van der Waals surface area contributed by atoms with Crippen LogP contribution in [0.1, 0.15) is 37.2 Å². The molecule has 0 spiro atoms. The highest BCUT2D eigenvalue weighted by atomic mass is 19.2. The van der Waals surface area contributed by atoms with Gasteiger partial charge in [0, 0.05) is 17.0 Å². The molecule has 6 heteroatoms. The van der Waals surface area contributed by atoms with Crippen LogP contribution in [0.4, 0.5) is 17.6 Å². The molecule has 0 N–H and O–H groups in total. The fraction of sp³-hybridized carbons (Fsp3) is 0.286. The Labute approximate surface area is 196 Å². The maximum absolute atomic E-state index is 15.0. The van der Waals surface area contributed by atoms with Crippen molar-refractivity contribution in [2.75, 3.05) is 13.7 Å². The van der Waals surface area contributed by atoms with E-state index in [1.165, 1.54) is 19.2 Å². The van der Waals surface area contributed by atoms with Crippen LogP contribution in [-0.2, 0) is 4.74 Å². The van der Waals surface area contributed by atoms with Gasteiger partial charge in [0.1, 0.15) is 0 Å². The number of benzene rings is 3. The van der Waals surface area contributed by atoms with Crippen molar-refractivity contribution in [3.05, 3.63) is 90.0 Å². The second kappa shape index (κ2) is 10.4. The molecule has 2 atom stereocenters. The summed E-state index contributed by atoms with van der Waals surface area (Å²) in [5.41, 5.74) is 1.32. The van der Waals surface area contributed by atoms with Gasteiger partial charge in [-0.25, -0.2) is 13.2 Å². The SMILES string of the molecule is C=CCCC1CCC(c2ccc(-c3ccc(-c4ccc(OC)c(F)c4F)cc3)c(F)c2F)CO1. The van der Waals surface area contributed by atoms with Crippen molar-refractivity contribution < 1.29 is 27.0 Å². The molecule has 1 saturated heterocycles. The predicted molar refractivity (Wildman–Crippen MR) is 125 cm³/mol. The van der Waals surface area contributed by atoms with Crippen molar-refractivity contribution in [1.82, 2.24) is 0 Å². The molecule has 1 fully saturated rings. The Kier molecular flexibility index (Phi) is 7.37. The molecule has 178 valence electrons. The zero-order chi connectivity index (χ0) is 24.2. The van der Waals surface area contributed by atoms with Crippen molar-refractivity contribution in [3.8, 4) is 28.0 Å². The second-order valence-electron chi connectivity index (χ2n) is 8.45. The first kappa shape index (κ1) is 24.0. The molecule has 1 heterocycles. The van der Waals surface area contributed by atoms with Crippen molar-refractivity contribution in [2.45, 2.75) is 37.7 Å². The summed E-state index contributed by atoms with van der Waals surface area (Å²) in [5.74, 6) is -4.30. The number of hydrogen-bond donors (Lipinski definition) is 0. The molecule has 0 aromatic heterocycles. The van der Waals surface area contributed by atoms with Gasteiger partial charge in [0.2, 0.25) is 5.82 Å². The highest BCUT2D eigenvalue weighted by Gasteiger charge is 2.27. The van der Waals surface area contributed by atoms with Crippen LogP contribution in [0.2, 0.25) is 0 Å². The van der Waals surface area contributed by atoms with Crippen molar-refractivity contribution in [2.24, 2.45) is 0 Å². The topological polar surface area (TPSA) is 18.5 Å². The van der Waals surface area contributed by atoms with E-state index in [1.54, 1.807) is 36.4 Å². The lowest BCUT2D eigenvalue weighted by Gasteiger charge is -2.29. The molecule has 3 aromatic rings. The molecule has 0 radical (unpaired) electrons. The van der Waals surface area contributed by atoms with E-state index in [2.05, 4.69) is 6.58 Å². The van der Waals surface area contributed by atoms with Crippen LogP contribution in [0, 0.1) is 23.3 Å². The summed E-state index contributed by atoms with van der Waals surface area (Å²) in [6.07, 6.45) is 5.26. The molecular weight excluding hydrogens is 444 g/mol. The molecular formula is C28H26F4O2. The van der Waals surface area contributed by atoms with Crippen LogP contribution in [0.3, 0.4) is 0 Å². The van der Waals surface area contributed by atoms with Gasteiger partial charge in [-0.15, -0.1) is 6.58 Å². The lowest BCUT2D eigenvalue weighted by Crippen LogP contribution is -2.25. The third-order valence-electron chi connectivity index (χ3n) is 6.39. The van der Waals surface area contributed by atoms with Gasteiger partial charge < -0.3 is 9.47 Å². The average molecular weight is 471 g/mol. The molecule has 1 aliphatic rings. The molecule has 3 aromatic carbocycles. The monoisotopic (exact) mass is 470 g/mol. The molecule has 1 aliphatic heterocycles. The second-order valence-corrected chi connectivity index (χ2v) is 8.45. The van der Waals surface area contributed by atoms with Crippen LogP contribution in [-0.4, -0.2) is 19.8 Å². The fourth-order valence-corrected chi connectivity index (χ4v) is 4.43.